The molecule has 1 unspecified atom stereocenters. The zero-order valence-corrected chi connectivity index (χ0v) is 15.9. The number of aromatic nitrogens is 2. The number of para-hydroxylation sites is 1. The maximum Gasteiger partial charge on any atom is 0.227 e. The number of aromatic hydroxyl groups is 1. The van der Waals surface area contributed by atoms with Gasteiger partial charge in [0.15, 0.2) is 0 Å². The Morgan fingerprint density at radius 3 is 2.71 bits per heavy atom. The lowest BCUT2D eigenvalue weighted by Gasteiger charge is -2.33. The zero-order chi connectivity index (χ0) is 19.3. The van der Waals surface area contributed by atoms with Crippen LogP contribution in [0.5, 0.6) is 5.75 Å². The highest BCUT2D eigenvalue weighted by atomic mass is 16.3. The Hall–Kier alpha value is -3.08. The van der Waals surface area contributed by atoms with Gasteiger partial charge in [0.05, 0.1) is 6.42 Å². The van der Waals surface area contributed by atoms with E-state index in [1.165, 1.54) is 5.56 Å². The van der Waals surface area contributed by atoms with Gasteiger partial charge in [0.1, 0.15) is 11.6 Å². The summed E-state index contributed by atoms with van der Waals surface area (Å²) in [5.41, 5.74) is 1.92. The van der Waals surface area contributed by atoms with E-state index in [2.05, 4.69) is 21.7 Å². The lowest BCUT2D eigenvalue weighted by molar-refractivity contribution is -0.131. The smallest absolute Gasteiger partial charge is 0.227 e. The highest BCUT2D eigenvalue weighted by Crippen LogP contribution is 2.27. The third kappa shape index (κ3) is 4.09. The van der Waals surface area contributed by atoms with Gasteiger partial charge in [0, 0.05) is 43.5 Å². The van der Waals surface area contributed by atoms with Crippen LogP contribution >= 0.6 is 0 Å². The molecule has 0 radical (unpaired) electrons. The summed E-state index contributed by atoms with van der Waals surface area (Å²) in [5, 5.41) is 9.95. The third-order valence-electron chi connectivity index (χ3n) is 5.42. The van der Waals surface area contributed by atoms with Crippen molar-refractivity contribution < 1.29 is 9.90 Å². The Bertz CT molecular complexity index is 936. The Balaban J connectivity index is 1.45. The van der Waals surface area contributed by atoms with Crippen LogP contribution in [0.25, 0.3) is 0 Å². The third-order valence-corrected chi connectivity index (χ3v) is 5.42. The first kappa shape index (κ1) is 18.3. The molecule has 0 saturated carbocycles. The number of imidazole rings is 1. The number of nitrogens with zero attached hydrogens (tertiary/aromatic N) is 3. The zero-order valence-electron chi connectivity index (χ0n) is 15.9. The molecule has 1 fully saturated rings. The van der Waals surface area contributed by atoms with Gasteiger partial charge in [-0.1, -0.05) is 48.5 Å². The molecule has 1 saturated heterocycles. The fourth-order valence-electron chi connectivity index (χ4n) is 3.94. The predicted molar refractivity (Wildman–Crippen MR) is 108 cm³/mol. The number of phenols is 1. The summed E-state index contributed by atoms with van der Waals surface area (Å²) >= 11 is 0. The molecule has 5 nitrogen and oxygen atoms in total. The van der Waals surface area contributed by atoms with Crippen molar-refractivity contribution in [1.82, 2.24) is 14.5 Å². The maximum atomic E-state index is 12.8. The Kier molecular flexibility index (Phi) is 5.42. The van der Waals surface area contributed by atoms with Crippen LogP contribution in [0.1, 0.15) is 35.7 Å². The van der Waals surface area contributed by atoms with Crippen molar-refractivity contribution in [3.63, 3.8) is 0 Å². The molecule has 5 heteroatoms. The minimum absolute atomic E-state index is 0.0624. The van der Waals surface area contributed by atoms with Gasteiger partial charge in [-0.05, 0) is 24.5 Å². The van der Waals surface area contributed by atoms with Crippen molar-refractivity contribution in [2.75, 3.05) is 13.1 Å². The number of hydrogen-bond acceptors (Lipinski definition) is 3. The molecule has 0 aliphatic carbocycles. The summed E-state index contributed by atoms with van der Waals surface area (Å²) < 4.78 is 2.19. The molecule has 2 aromatic carbocycles. The van der Waals surface area contributed by atoms with E-state index in [0.717, 1.165) is 31.8 Å². The van der Waals surface area contributed by atoms with Gasteiger partial charge in [-0.2, -0.15) is 0 Å². The number of carbonyl (C=O) groups excluding carboxylic acids is 1. The second-order valence-corrected chi connectivity index (χ2v) is 7.38. The van der Waals surface area contributed by atoms with Crippen LogP contribution in [0.15, 0.2) is 67.0 Å². The van der Waals surface area contributed by atoms with Gasteiger partial charge in [-0.25, -0.2) is 4.98 Å². The van der Waals surface area contributed by atoms with Gasteiger partial charge in [-0.3, -0.25) is 4.79 Å². The molecule has 3 aromatic rings. The van der Waals surface area contributed by atoms with Gasteiger partial charge < -0.3 is 14.6 Å². The van der Waals surface area contributed by atoms with E-state index in [4.69, 9.17) is 0 Å². The number of rotatable bonds is 5. The lowest BCUT2D eigenvalue weighted by atomic mass is 9.96. The second kappa shape index (κ2) is 8.30. The normalized spacial score (nSPS) is 16.9. The molecule has 1 aliphatic rings. The fourth-order valence-corrected chi connectivity index (χ4v) is 3.94. The van der Waals surface area contributed by atoms with E-state index in [9.17, 15) is 9.90 Å². The van der Waals surface area contributed by atoms with E-state index in [-0.39, 0.29) is 24.0 Å². The van der Waals surface area contributed by atoms with Crippen molar-refractivity contribution in [3.8, 4) is 5.75 Å². The van der Waals surface area contributed by atoms with E-state index in [0.29, 0.717) is 12.1 Å². The van der Waals surface area contributed by atoms with Gasteiger partial charge in [0.25, 0.3) is 0 Å². The van der Waals surface area contributed by atoms with Crippen LogP contribution in [-0.2, 0) is 17.8 Å². The van der Waals surface area contributed by atoms with Gasteiger partial charge in [0.2, 0.25) is 5.91 Å². The summed E-state index contributed by atoms with van der Waals surface area (Å²) in [6.07, 6.45) is 6.10. The average molecular weight is 375 g/mol. The van der Waals surface area contributed by atoms with Crippen LogP contribution in [0, 0.1) is 0 Å². The number of likely N-dealkylation sites (tertiary alicyclic amines) is 1. The monoisotopic (exact) mass is 375 g/mol. The summed E-state index contributed by atoms with van der Waals surface area (Å²) in [7, 11) is 0. The highest BCUT2D eigenvalue weighted by Gasteiger charge is 2.27. The summed E-state index contributed by atoms with van der Waals surface area (Å²) in [6.45, 7) is 2.24. The van der Waals surface area contributed by atoms with Crippen LogP contribution in [0.4, 0.5) is 0 Å². The summed E-state index contributed by atoms with van der Waals surface area (Å²) in [5.74, 6) is 1.53. The van der Waals surface area contributed by atoms with Crippen LogP contribution in [0.3, 0.4) is 0 Å². The van der Waals surface area contributed by atoms with E-state index in [1.54, 1.807) is 18.2 Å². The van der Waals surface area contributed by atoms with Crippen LogP contribution in [0.2, 0.25) is 0 Å². The average Bonchev–Trinajstić information content (AvgIpc) is 3.19. The Labute approximate surface area is 165 Å². The number of hydrogen-bond donors (Lipinski definition) is 1. The minimum Gasteiger partial charge on any atom is -0.508 e. The molecule has 1 amide bonds. The molecular weight excluding hydrogens is 350 g/mol. The molecule has 28 heavy (non-hydrogen) atoms. The predicted octanol–water partition coefficient (Wildman–Crippen LogP) is 3.59. The van der Waals surface area contributed by atoms with E-state index < -0.39 is 0 Å². The number of amides is 1. The quantitative estimate of drug-likeness (QED) is 0.741. The fraction of sp³-hybridized carbons (Fsp3) is 0.304. The first-order valence-electron chi connectivity index (χ1n) is 9.80. The second-order valence-electron chi connectivity index (χ2n) is 7.38. The molecule has 2 heterocycles. The highest BCUT2D eigenvalue weighted by molar-refractivity contribution is 5.79. The van der Waals surface area contributed by atoms with Crippen LogP contribution in [-0.4, -0.2) is 38.6 Å². The van der Waals surface area contributed by atoms with Gasteiger partial charge >= 0.3 is 0 Å². The summed E-state index contributed by atoms with van der Waals surface area (Å²) in [4.78, 5) is 19.3. The number of phenolic OH excluding ortho intramolecular Hbond substituents is 1. The van der Waals surface area contributed by atoms with E-state index in [1.807, 2.05) is 41.6 Å². The summed E-state index contributed by atoms with van der Waals surface area (Å²) in [6, 6.07) is 17.4. The standard InChI is InChI=1S/C23H25N3O2/c27-21-11-5-4-9-19(21)15-22(28)25-13-6-10-20(17-25)23-24-12-14-26(23)16-18-7-2-1-3-8-18/h1-5,7-9,11-12,14,20,27H,6,10,13,15-17H2. The SMILES string of the molecule is O=C(Cc1ccccc1O)N1CCCC(c2nccn2Cc2ccccc2)C1. The number of benzene rings is 2. The molecule has 1 atom stereocenters. The van der Waals surface area contributed by atoms with Crippen molar-refractivity contribution >= 4 is 5.91 Å². The molecule has 0 spiro atoms. The molecule has 1 aliphatic heterocycles. The number of carbonyl (C=O) groups is 1. The molecule has 1 aromatic heterocycles. The van der Waals surface area contributed by atoms with Gasteiger partial charge in [-0.15, -0.1) is 0 Å². The largest absolute Gasteiger partial charge is 0.508 e. The van der Waals surface area contributed by atoms with E-state index >= 15 is 0 Å². The van der Waals surface area contributed by atoms with Crippen LogP contribution < -0.4 is 0 Å². The maximum absolute atomic E-state index is 12.8. The Morgan fingerprint density at radius 2 is 1.89 bits per heavy atom. The Morgan fingerprint density at radius 1 is 1.11 bits per heavy atom. The first-order chi connectivity index (χ1) is 13.7. The minimum atomic E-state index is 0.0624. The molecule has 1 N–H and O–H groups in total. The molecular formula is C23H25N3O2. The van der Waals surface area contributed by atoms with Crippen molar-refractivity contribution in [3.05, 3.63) is 83.9 Å². The molecule has 0 bridgehead atoms. The molecule has 4 rings (SSSR count). The first-order valence-corrected chi connectivity index (χ1v) is 9.80. The van der Waals surface area contributed by atoms with Crippen molar-refractivity contribution in [2.45, 2.75) is 31.7 Å². The molecule has 144 valence electrons. The van der Waals surface area contributed by atoms with Crippen molar-refractivity contribution in [2.24, 2.45) is 0 Å². The lowest BCUT2D eigenvalue weighted by Crippen LogP contribution is -2.40. The topological polar surface area (TPSA) is 58.4 Å². The number of piperidine rings is 1. The van der Waals surface area contributed by atoms with Crippen molar-refractivity contribution in [1.29, 1.82) is 0 Å².